The van der Waals surface area contributed by atoms with E-state index >= 15 is 0 Å². The number of hydrogen-bond donors (Lipinski definition) is 1. The fourth-order valence-electron chi connectivity index (χ4n) is 1.96. The highest BCUT2D eigenvalue weighted by molar-refractivity contribution is 6.44. The van der Waals surface area contributed by atoms with Gasteiger partial charge in [0.25, 0.3) is 0 Å². The van der Waals surface area contributed by atoms with E-state index < -0.39 is 5.97 Å². The summed E-state index contributed by atoms with van der Waals surface area (Å²) < 4.78 is 7.04. The zero-order chi connectivity index (χ0) is 15.6. The van der Waals surface area contributed by atoms with Gasteiger partial charge in [-0.15, -0.1) is 0 Å². The summed E-state index contributed by atoms with van der Waals surface area (Å²) in [6.07, 6.45) is 0. The molecule has 0 bridgehead atoms. The molecule has 1 aromatic heterocycles. The van der Waals surface area contributed by atoms with Crippen LogP contribution < -0.4 is 5.73 Å². The Kier molecular flexibility index (Phi) is 4.75. The third-order valence-electron chi connectivity index (χ3n) is 2.91. The van der Waals surface area contributed by atoms with E-state index in [4.69, 9.17) is 33.7 Å². The van der Waals surface area contributed by atoms with Gasteiger partial charge in [0.05, 0.1) is 27.0 Å². The number of ether oxygens (including phenoxy) is 1. The number of nitrogens with two attached hydrogens (primary N) is 1. The molecule has 0 unspecified atom stereocenters. The molecule has 0 saturated heterocycles. The second kappa shape index (κ2) is 6.37. The molecule has 21 heavy (non-hydrogen) atoms. The summed E-state index contributed by atoms with van der Waals surface area (Å²) in [5.41, 5.74) is 7.85. The highest BCUT2D eigenvalue weighted by atomic mass is 35.5. The van der Waals surface area contributed by atoms with Crippen molar-refractivity contribution in [1.82, 2.24) is 9.78 Å². The third-order valence-corrected chi connectivity index (χ3v) is 3.71. The number of aryl methyl sites for hydroxylation is 2. The third kappa shape index (κ3) is 3.49. The number of carbonyl (C=O) groups is 1. The van der Waals surface area contributed by atoms with Gasteiger partial charge in [0, 0.05) is 12.2 Å². The molecular weight excluding hydrogens is 313 g/mol. The molecule has 0 amide bonds. The van der Waals surface area contributed by atoms with Crippen molar-refractivity contribution in [2.24, 2.45) is 0 Å². The van der Waals surface area contributed by atoms with Crippen LogP contribution in [0.5, 0.6) is 0 Å². The normalized spacial score (nSPS) is 10.7. The average Bonchev–Trinajstić information content (AvgIpc) is 2.80. The van der Waals surface area contributed by atoms with E-state index in [1.54, 1.807) is 4.68 Å². The molecule has 0 saturated carbocycles. The lowest BCUT2D eigenvalue weighted by Crippen LogP contribution is -2.10. The van der Waals surface area contributed by atoms with Crippen LogP contribution >= 0.6 is 23.2 Å². The zero-order valence-electron chi connectivity index (χ0n) is 11.7. The van der Waals surface area contributed by atoms with Crippen molar-refractivity contribution in [3.8, 4) is 0 Å². The maximum absolute atomic E-state index is 12.1. The van der Waals surface area contributed by atoms with E-state index in [9.17, 15) is 4.79 Å². The lowest BCUT2D eigenvalue weighted by atomic mass is 10.2. The van der Waals surface area contributed by atoms with Gasteiger partial charge in [-0.25, -0.2) is 4.79 Å². The number of nitrogens with zero attached hydrogens (tertiary/aromatic N) is 2. The van der Waals surface area contributed by atoms with Gasteiger partial charge in [0.15, 0.2) is 0 Å². The van der Waals surface area contributed by atoms with Crippen LogP contribution in [0.15, 0.2) is 18.2 Å². The maximum Gasteiger partial charge on any atom is 0.340 e. The van der Waals surface area contributed by atoms with Gasteiger partial charge in [-0.05, 0) is 32.0 Å². The Morgan fingerprint density at radius 1 is 1.38 bits per heavy atom. The van der Waals surface area contributed by atoms with E-state index in [0.29, 0.717) is 12.2 Å². The minimum absolute atomic E-state index is 0.107. The molecule has 2 N–H and O–H groups in total. The Labute approximate surface area is 132 Å². The highest BCUT2D eigenvalue weighted by Gasteiger charge is 2.16. The Hall–Kier alpha value is -1.72. The van der Waals surface area contributed by atoms with Crippen LogP contribution in [0.1, 0.15) is 28.7 Å². The molecule has 112 valence electrons. The average molecular weight is 328 g/mol. The molecule has 0 atom stereocenters. The van der Waals surface area contributed by atoms with Crippen LogP contribution in [-0.2, 0) is 17.9 Å². The summed E-state index contributed by atoms with van der Waals surface area (Å²) in [5.74, 6) is -0.573. The van der Waals surface area contributed by atoms with Gasteiger partial charge in [0.2, 0.25) is 0 Å². The molecule has 1 heterocycles. The summed E-state index contributed by atoms with van der Waals surface area (Å²) in [7, 11) is 0. The predicted molar refractivity (Wildman–Crippen MR) is 82.6 cm³/mol. The van der Waals surface area contributed by atoms with Gasteiger partial charge >= 0.3 is 5.97 Å². The topological polar surface area (TPSA) is 70.1 Å². The Morgan fingerprint density at radius 3 is 2.76 bits per heavy atom. The Bertz CT molecular complexity index is 683. The van der Waals surface area contributed by atoms with E-state index in [1.807, 2.05) is 19.9 Å². The molecule has 0 radical (unpaired) electrons. The molecule has 1 aromatic carbocycles. The second-order valence-electron chi connectivity index (χ2n) is 4.53. The van der Waals surface area contributed by atoms with Crippen molar-refractivity contribution in [1.29, 1.82) is 0 Å². The Morgan fingerprint density at radius 2 is 2.10 bits per heavy atom. The summed E-state index contributed by atoms with van der Waals surface area (Å²) >= 11 is 11.9. The summed E-state index contributed by atoms with van der Waals surface area (Å²) in [6, 6.07) is 4.79. The molecule has 0 aliphatic rings. The van der Waals surface area contributed by atoms with Crippen LogP contribution in [0.25, 0.3) is 0 Å². The molecule has 2 aromatic rings. The Balaban J connectivity index is 2.15. The van der Waals surface area contributed by atoms with Gasteiger partial charge in [-0.2, -0.15) is 5.10 Å². The molecule has 0 aliphatic carbocycles. The number of benzene rings is 1. The van der Waals surface area contributed by atoms with E-state index in [1.165, 1.54) is 12.1 Å². The van der Waals surface area contributed by atoms with Crippen molar-refractivity contribution in [3.63, 3.8) is 0 Å². The standard InChI is InChI=1S/C14H15Cl2N3O2/c1-3-19-10(4-8(2)18-19)7-21-14(20)11-5-9(17)6-12(15)13(11)16/h4-6H,3,7,17H2,1-2H3. The number of hydrogen-bond acceptors (Lipinski definition) is 4. The van der Waals surface area contributed by atoms with Crippen LogP contribution in [0.3, 0.4) is 0 Å². The summed E-state index contributed by atoms with van der Waals surface area (Å²) in [6.45, 7) is 4.65. The molecule has 2 rings (SSSR count). The van der Waals surface area contributed by atoms with Crippen LogP contribution in [0.2, 0.25) is 10.0 Å². The second-order valence-corrected chi connectivity index (χ2v) is 5.32. The quantitative estimate of drug-likeness (QED) is 0.689. The monoisotopic (exact) mass is 327 g/mol. The van der Waals surface area contributed by atoms with Crippen molar-refractivity contribution in [3.05, 3.63) is 45.2 Å². The van der Waals surface area contributed by atoms with Gasteiger partial charge in [-0.3, -0.25) is 4.68 Å². The SMILES string of the molecule is CCn1nc(C)cc1COC(=O)c1cc(N)cc(Cl)c1Cl. The number of esters is 1. The van der Waals surface area contributed by atoms with Gasteiger partial charge < -0.3 is 10.5 Å². The molecule has 7 heteroatoms. The smallest absolute Gasteiger partial charge is 0.340 e. The van der Waals surface area contributed by atoms with Crippen molar-refractivity contribution in [2.45, 2.75) is 27.0 Å². The molecule has 0 spiro atoms. The number of nitrogen functional groups attached to an aromatic ring is 1. The zero-order valence-corrected chi connectivity index (χ0v) is 13.2. The predicted octanol–water partition coefficient (Wildman–Crippen LogP) is 3.46. The first kappa shape index (κ1) is 15.7. The minimum Gasteiger partial charge on any atom is -0.456 e. The number of rotatable bonds is 4. The van der Waals surface area contributed by atoms with Gasteiger partial charge in [0.1, 0.15) is 6.61 Å². The van der Waals surface area contributed by atoms with Crippen LogP contribution in [0.4, 0.5) is 5.69 Å². The fraction of sp³-hybridized carbons (Fsp3) is 0.286. The van der Waals surface area contributed by atoms with Crippen LogP contribution in [-0.4, -0.2) is 15.7 Å². The number of aromatic nitrogens is 2. The highest BCUT2D eigenvalue weighted by Crippen LogP contribution is 2.29. The largest absolute Gasteiger partial charge is 0.456 e. The first-order valence-electron chi connectivity index (χ1n) is 6.37. The first-order valence-corrected chi connectivity index (χ1v) is 7.13. The summed E-state index contributed by atoms with van der Waals surface area (Å²) in [4.78, 5) is 12.1. The molecular formula is C14H15Cl2N3O2. The number of carbonyl (C=O) groups excluding carboxylic acids is 1. The number of halogens is 2. The maximum atomic E-state index is 12.1. The van der Waals surface area contributed by atoms with Gasteiger partial charge in [-0.1, -0.05) is 23.2 Å². The number of anilines is 1. The van der Waals surface area contributed by atoms with Crippen molar-refractivity contribution < 1.29 is 9.53 Å². The molecule has 5 nitrogen and oxygen atoms in total. The van der Waals surface area contributed by atoms with E-state index in [2.05, 4.69) is 5.10 Å². The van der Waals surface area contributed by atoms with E-state index in [0.717, 1.165) is 11.4 Å². The summed E-state index contributed by atoms with van der Waals surface area (Å²) in [5, 5.41) is 4.64. The lowest BCUT2D eigenvalue weighted by Gasteiger charge is -2.09. The van der Waals surface area contributed by atoms with Crippen molar-refractivity contribution in [2.75, 3.05) is 5.73 Å². The fourth-order valence-corrected chi connectivity index (χ4v) is 2.38. The minimum atomic E-state index is -0.573. The molecule has 0 aliphatic heterocycles. The van der Waals surface area contributed by atoms with Crippen molar-refractivity contribution >= 4 is 34.9 Å². The van der Waals surface area contributed by atoms with Crippen LogP contribution in [0, 0.1) is 6.92 Å². The first-order chi connectivity index (χ1) is 9.92. The molecule has 0 fully saturated rings. The van der Waals surface area contributed by atoms with E-state index in [-0.39, 0.29) is 22.2 Å². The lowest BCUT2D eigenvalue weighted by molar-refractivity contribution is 0.0462.